The molecule has 24 heavy (non-hydrogen) atoms. The molecule has 0 N–H and O–H groups in total. The van der Waals surface area contributed by atoms with Crippen LogP contribution < -0.4 is 0 Å². The maximum atomic E-state index is 12.6. The number of carbonyl (C=O) groups excluding carboxylic acids is 1. The van der Waals surface area contributed by atoms with Gasteiger partial charge in [-0.2, -0.15) is 0 Å². The molecule has 1 atom stereocenters. The Hall–Kier alpha value is -1.63. The summed E-state index contributed by atoms with van der Waals surface area (Å²) in [5.41, 5.74) is 1.14. The van der Waals surface area contributed by atoms with Crippen molar-refractivity contribution < 1.29 is 13.9 Å². The minimum Gasteiger partial charge on any atom is -0.472 e. The molecule has 3 heterocycles. The van der Waals surface area contributed by atoms with Crippen molar-refractivity contribution in [3.63, 3.8) is 0 Å². The van der Waals surface area contributed by atoms with E-state index in [0.29, 0.717) is 26.2 Å². The molecule has 2 aromatic rings. The minimum absolute atomic E-state index is 0.119. The third-order valence-electron chi connectivity index (χ3n) is 4.34. The summed E-state index contributed by atoms with van der Waals surface area (Å²) in [7, 11) is 1.88. The molecule has 6 heteroatoms. The zero-order valence-electron chi connectivity index (χ0n) is 14.2. The van der Waals surface area contributed by atoms with Crippen LogP contribution in [0.3, 0.4) is 0 Å². The Morgan fingerprint density at radius 2 is 2.29 bits per heavy atom. The zero-order chi connectivity index (χ0) is 16.9. The number of carbonyl (C=O) groups is 1. The molecule has 0 aliphatic carbocycles. The second-order valence-electron chi connectivity index (χ2n) is 6.30. The molecular weight excluding hydrogens is 324 g/mol. The third-order valence-corrected chi connectivity index (χ3v) is 5.33. The fourth-order valence-electron chi connectivity index (χ4n) is 2.95. The van der Waals surface area contributed by atoms with E-state index in [9.17, 15) is 4.79 Å². The van der Waals surface area contributed by atoms with Gasteiger partial charge in [-0.25, -0.2) is 0 Å². The van der Waals surface area contributed by atoms with Gasteiger partial charge in [-0.05, 0) is 25.1 Å². The summed E-state index contributed by atoms with van der Waals surface area (Å²) < 4.78 is 10.7. The normalized spacial score (nSPS) is 18.7. The number of amides is 1. The molecule has 0 radical (unpaired) electrons. The van der Waals surface area contributed by atoms with Crippen LogP contribution in [0.25, 0.3) is 0 Å². The molecule has 0 unspecified atom stereocenters. The molecule has 1 aliphatic rings. The number of hydrogen-bond acceptors (Lipinski definition) is 5. The van der Waals surface area contributed by atoms with Crippen LogP contribution in [0.5, 0.6) is 0 Å². The summed E-state index contributed by atoms with van der Waals surface area (Å²) in [4.78, 5) is 19.2. The molecule has 1 fully saturated rings. The second-order valence-corrected chi connectivity index (χ2v) is 7.67. The van der Waals surface area contributed by atoms with Crippen LogP contribution in [0.4, 0.5) is 0 Å². The highest BCUT2D eigenvalue weighted by Gasteiger charge is 2.27. The summed E-state index contributed by atoms with van der Waals surface area (Å²) in [6.45, 7) is 5.72. The van der Waals surface area contributed by atoms with Gasteiger partial charge in [0, 0.05) is 47.9 Å². The number of furan rings is 1. The number of rotatable bonds is 6. The summed E-state index contributed by atoms with van der Waals surface area (Å²) in [6, 6.07) is 6.28. The van der Waals surface area contributed by atoms with E-state index < -0.39 is 0 Å². The first-order chi connectivity index (χ1) is 11.6. The van der Waals surface area contributed by atoms with Crippen LogP contribution in [-0.2, 0) is 22.6 Å². The highest BCUT2D eigenvalue weighted by atomic mass is 32.1. The highest BCUT2D eigenvalue weighted by Crippen LogP contribution is 2.19. The zero-order valence-corrected chi connectivity index (χ0v) is 15.1. The molecule has 0 spiro atoms. The average Bonchev–Trinajstić information content (AvgIpc) is 3.21. The lowest BCUT2D eigenvalue weighted by Gasteiger charge is -2.35. The largest absolute Gasteiger partial charge is 0.472 e. The molecule has 1 amide bonds. The van der Waals surface area contributed by atoms with E-state index in [0.717, 1.165) is 18.7 Å². The second kappa shape index (κ2) is 7.96. The number of ether oxygens (including phenoxy) is 1. The monoisotopic (exact) mass is 348 g/mol. The lowest BCUT2D eigenvalue weighted by Crippen LogP contribution is -2.47. The number of morpholine rings is 1. The Morgan fingerprint density at radius 3 is 3.00 bits per heavy atom. The molecule has 1 saturated heterocycles. The highest BCUT2D eigenvalue weighted by molar-refractivity contribution is 7.11. The molecular formula is C18H24N2O3S. The van der Waals surface area contributed by atoms with Crippen molar-refractivity contribution in [3.05, 3.63) is 46.0 Å². The number of thiophene rings is 1. The van der Waals surface area contributed by atoms with Crippen molar-refractivity contribution in [3.8, 4) is 0 Å². The molecule has 0 saturated carbocycles. The standard InChI is InChI=1S/C18H24N2O3S/c1-14-3-4-17(24-14)11-19(2)18(21)9-16-13-23-8-6-20(16)10-15-5-7-22-12-15/h3-5,7,12,16H,6,8-11,13H2,1-2H3/t16-/m0/s1. The summed E-state index contributed by atoms with van der Waals surface area (Å²) in [6.07, 6.45) is 3.94. The van der Waals surface area contributed by atoms with E-state index in [1.54, 1.807) is 23.9 Å². The lowest BCUT2D eigenvalue weighted by atomic mass is 10.1. The first-order valence-corrected chi connectivity index (χ1v) is 9.05. The third kappa shape index (κ3) is 4.47. The fraction of sp³-hybridized carbons (Fsp3) is 0.500. The Balaban J connectivity index is 1.56. The Morgan fingerprint density at radius 1 is 1.42 bits per heavy atom. The average molecular weight is 348 g/mol. The van der Waals surface area contributed by atoms with Crippen LogP contribution in [0.15, 0.2) is 35.1 Å². The van der Waals surface area contributed by atoms with Gasteiger partial charge in [-0.1, -0.05) is 0 Å². The van der Waals surface area contributed by atoms with E-state index in [4.69, 9.17) is 9.15 Å². The van der Waals surface area contributed by atoms with E-state index in [1.165, 1.54) is 9.75 Å². The van der Waals surface area contributed by atoms with Gasteiger partial charge < -0.3 is 14.1 Å². The molecule has 0 aromatic carbocycles. The van der Waals surface area contributed by atoms with Crippen molar-refractivity contribution >= 4 is 17.2 Å². The number of nitrogens with zero attached hydrogens (tertiary/aromatic N) is 2. The first kappa shape index (κ1) is 17.2. The predicted molar refractivity (Wildman–Crippen MR) is 93.9 cm³/mol. The Labute approximate surface area is 146 Å². The molecule has 1 aliphatic heterocycles. The summed E-state index contributed by atoms with van der Waals surface area (Å²) >= 11 is 1.74. The van der Waals surface area contributed by atoms with Crippen LogP contribution in [-0.4, -0.2) is 48.6 Å². The van der Waals surface area contributed by atoms with E-state index in [2.05, 4.69) is 24.0 Å². The van der Waals surface area contributed by atoms with E-state index in [1.807, 2.05) is 18.0 Å². The number of aryl methyl sites for hydroxylation is 1. The minimum atomic E-state index is 0.119. The molecule has 0 bridgehead atoms. The smallest absolute Gasteiger partial charge is 0.224 e. The molecule has 3 rings (SSSR count). The molecule has 5 nitrogen and oxygen atoms in total. The van der Waals surface area contributed by atoms with Gasteiger partial charge in [0.15, 0.2) is 0 Å². The van der Waals surface area contributed by atoms with Gasteiger partial charge in [-0.15, -0.1) is 11.3 Å². The van der Waals surface area contributed by atoms with Crippen molar-refractivity contribution in [2.45, 2.75) is 32.5 Å². The predicted octanol–water partition coefficient (Wildman–Crippen LogP) is 2.90. The van der Waals surface area contributed by atoms with Crippen molar-refractivity contribution in [2.75, 3.05) is 26.8 Å². The van der Waals surface area contributed by atoms with Crippen LogP contribution >= 0.6 is 11.3 Å². The van der Waals surface area contributed by atoms with Gasteiger partial charge in [0.05, 0.1) is 32.3 Å². The maximum absolute atomic E-state index is 12.6. The van der Waals surface area contributed by atoms with Crippen molar-refractivity contribution in [2.24, 2.45) is 0 Å². The van der Waals surface area contributed by atoms with Gasteiger partial charge in [0.25, 0.3) is 0 Å². The quantitative estimate of drug-likeness (QED) is 0.805. The van der Waals surface area contributed by atoms with Gasteiger partial charge in [-0.3, -0.25) is 9.69 Å². The fourth-order valence-corrected chi connectivity index (χ4v) is 3.90. The van der Waals surface area contributed by atoms with Gasteiger partial charge in [0.2, 0.25) is 5.91 Å². The van der Waals surface area contributed by atoms with E-state index in [-0.39, 0.29) is 11.9 Å². The summed E-state index contributed by atoms with van der Waals surface area (Å²) in [5.74, 6) is 0.161. The maximum Gasteiger partial charge on any atom is 0.224 e. The van der Waals surface area contributed by atoms with Crippen LogP contribution in [0.2, 0.25) is 0 Å². The molecule has 130 valence electrons. The molecule has 2 aromatic heterocycles. The SMILES string of the molecule is Cc1ccc(CN(C)C(=O)C[C@H]2COCCN2Cc2ccoc2)s1. The topological polar surface area (TPSA) is 45.9 Å². The van der Waals surface area contributed by atoms with E-state index >= 15 is 0 Å². The van der Waals surface area contributed by atoms with Crippen LogP contribution in [0, 0.1) is 6.92 Å². The lowest BCUT2D eigenvalue weighted by molar-refractivity contribution is -0.133. The van der Waals surface area contributed by atoms with Crippen LogP contribution in [0.1, 0.15) is 21.7 Å². The van der Waals surface area contributed by atoms with Gasteiger partial charge in [0.1, 0.15) is 0 Å². The number of hydrogen-bond donors (Lipinski definition) is 0. The Bertz CT molecular complexity index is 653. The van der Waals surface area contributed by atoms with Crippen molar-refractivity contribution in [1.29, 1.82) is 0 Å². The first-order valence-electron chi connectivity index (χ1n) is 8.24. The van der Waals surface area contributed by atoms with Crippen molar-refractivity contribution in [1.82, 2.24) is 9.80 Å². The van der Waals surface area contributed by atoms with Gasteiger partial charge >= 0.3 is 0 Å². The summed E-state index contributed by atoms with van der Waals surface area (Å²) in [5, 5.41) is 0. The Kier molecular flexibility index (Phi) is 5.71.